The Bertz CT molecular complexity index is 471. The molecular formula is C10H6ClF2N. The fraction of sp³-hybridized carbons (Fsp3) is 0.100. The Morgan fingerprint density at radius 2 is 1.93 bits per heavy atom. The summed E-state index contributed by atoms with van der Waals surface area (Å²) in [6.45, 7) is 0. The Hall–Kier alpha value is -1.22. The van der Waals surface area contributed by atoms with E-state index >= 15 is 0 Å². The molecule has 1 nitrogen and oxygen atoms in total. The SMILES string of the molecule is FC(F)c1nc2ccccc2cc1Cl. The number of para-hydroxylation sites is 1. The first-order chi connectivity index (χ1) is 6.68. The second-order valence-corrected chi connectivity index (χ2v) is 3.26. The lowest BCUT2D eigenvalue weighted by molar-refractivity contribution is 0.146. The third kappa shape index (κ3) is 1.55. The van der Waals surface area contributed by atoms with Crippen molar-refractivity contribution in [3.8, 4) is 0 Å². The van der Waals surface area contributed by atoms with Crippen LogP contribution in [0.2, 0.25) is 5.02 Å². The zero-order valence-corrected chi connectivity index (χ0v) is 7.80. The standard InChI is InChI=1S/C10H6ClF2N/c11-7-5-6-3-1-2-4-8(6)14-9(7)10(12)13/h1-5,10H. The van der Waals surface area contributed by atoms with E-state index in [4.69, 9.17) is 11.6 Å². The van der Waals surface area contributed by atoms with Crippen molar-refractivity contribution in [2.75, 3.05) is 0 Å². The molecule has 2 rings (SSSR count). The molecule has 0 unspecified atom stereocenters. The molecule has 0 aliphatic heterocycles. The van der Waals surface area contributed by atoms with Crippen LogP contribution in [-0.2, 0) is 0 Å². The molecule has 1 heterocycles. The second-order valence-electron chi connectivity index (χ2n) is 2.85. The number of nitrogens with zero attached hydrogens (tertiary/aromatic N) is 1. The highest BCUT2D eigenvalue weighted by atomic mass is 35.5. The van der Waals surface area contributed by atoms with Gasteiger partial charge in [-0.2, -0.15) is 0 Å². The molecule has 1 aromatic heterocycles. The molecule has 0 bridgehead atoms. The normalized spacial score (nSPS) is 11.1. The topological polar surface area (TPSA) is 12.9 Å². The number of rotatable bonds is 1. The minimum Gasteiger partial charge on any atom is -0.245 e. The number of pyridine rings is 1. The molecule has 0 amide bonds. The van der Waals surface area contributed by atoms with Gasteiger partial charge in [0.2, 0.25) is 0 Å². The monoisotopic (exact) mass is 213 g/mol. The Balaban J connectivity index is 2.71. The van der Waals surface area contributed by atoms with Crippen LogP contribution in [0, 0.1) is 0 Å². The maximum Gasteiger partial charge on any atom is 0.281 e. The molecule has 0 aliphatic carbocycles. The summed E-state index contributed by atoms with van der Waals surface area (Å²) < 4.78 is 24.8. The van der Waals surface area contributed by atoms with Crippen molar-refractivity contribution in [3.63, 3.8) is 0 Å². The van der Waals surface area contributed by atoms with E-state index in [0.717, 1.165) is 5.39 Å². The zero-order chi connectivity index (χ0) is 10.1. The lowest BCUT2D eigenvalue weighted by Crippen LogP contribution is -1.92. The summed E-state index contributed by atoms with van der Waals surface area (Å²) in [6.07, 6.45) is -2.63. The molecule has 0 fully saturated rings. The Morgan fingerprint density at radius 1 is 1.21 bits per heavy atom. The van der Waals surface area contributed by atoms with E-state index in [1.807, 2.05) is 6.07 Å². The number of hydrogen-bond acceptors (Lipinski definition) is 1. The van der Waals surface area contributed by atoms with E-state index in [9.17, 15) is 8.78 Å². The van der Waals surface area contributed by atoms with E-state index in [0.29, 0.717) is 5.52 Å². The van der Waals surface area contributed by atoms with Crippen LogP contribution < -0.4 is 0 Å². The summed E-state index contributed by atoms with van der Waals surface area (Å²) in [7, 11) is 0. The molecule has 0 radical (unpaired) electrons. The molecule has 0 saturated carbocycles. The van der Waals surface area contributed by atoms with Crippen LogP contribution in [0.3, 0.4) is 0 Å². The van der Waals surface area contributed by atoms with Crippen LogP contribution in [0.5, 0.6) is 0 Å². The zero-order valence-electron chi connectivity index (χ0n) is 7.05. The molecule has 0 N–H and O–H groups in total. The van der Waals surface area contributed by atoms with Gasteiger partial charge in [-0.15, -0.1) is 0 Å². The fourth-order valence-corrected chi connectivity index (χ4v) is 1.50. The summed E-state index contributed by atoms with van der Waals surface area (Å²) in [6, 6.07) is 8.52. The molecule has 72 valence electrons. The van der Waals surface area contributed by atoms with Crippen LogP contribution >= 0.6 is 11.6 Å². The molecule has 2 aromatic rings. The highest BCUT2D eigenvalue weighted by Gasteiger charge is 2.14. The van der Waals surface area contributed by atoms with Crippen molar-refractivity contribution in [1.29, 1.82) is 0 Å². The Kier molecular flexibility index (Phi) is 2.33. The quantitative estimate of drug-likeness (QED) is 0.702. The highest BCUT2D eigenvalue weighted by molar-refractivity contribution is 6.31. The summed E-state index contributed by atoms with van der Waals surface area (Å²) in [5, 5.41) is 0.778. The van der Waals surface area contributed by atoms with Crippen molar-refractivity contribution in [3.05, 3.63) is 41.0 Å². The smallest absolute Gasteiger partial charge is 0.245 e. The van der Waals surface area contributed by atoms with Gasteiger partial charge < -0.3 is 0 Å². The van der Waals surface area contributed by atoms with Crippen LogP contribution in [0.15, 0.2) is 30.3 Å². The molecule has 14 heavy (non-hydrogen) atoms. The Labute approximate surface area is 84.3 Å². The van der Waals surface area contributed by atoms with E-state index < -0.39 is 6.43 Å². The summed E-state index contributed by atoms with van der Waals surface area (Å²) >= 11 is 5.66. The molecular weight excluding hydrogens is 208 g/mol. The first-order valence-corrected chi connectivity index (χ1v) is 4.39. The fourth-order valence-electron chi connectivity index (χ4n) is 1.26. The number of aromatic nitrogens is 1. The van der Waals surface area contributed by atoms with Crippen LogP contribution in [0.25, 0.3) is 10.9 Å². The van der Waals surface area contributed by atoms with E-state index in [1.54, 1.807) is 18.2 Å². The van der Waals surface area contributed by atoms with Crippen molar-refractivity contribution >= 4 is 22.5 Å². The Morgan fingerprint density at radius 3 is 2.64 bits per heavy atom. The van der Waals surface area contributed by atoms with Gasteiger partial charge >= 0.3 is 0 Å². The maximum atomic E-state index is 12.4. The van der Waals surface area contributed by atoms with Gasteiger partial charge in [0.1, 0.15) is 5.69 Å². The first-order valence-electron chi connectivity index (χ1n) is 4.02. The lowest BCUT2D eigenvalue weighted by Gasteiger charge is -2.03. The third-order valence-electron chi connectivity index (χ3n) is 1.91. The first kappa shape index (κ1) is 9.34. The number of fused-ring (bicyclic) bond motifs is 1. The molecule has 4 heteroatoms. The van der Waals surface area contributed by atoms with Crippen molar-refractivity contribution < 1.29 is 8.78 Å². The second kappa shape index (κ2) is 3.50. The van der Waals surface area contributed by atoms with Crippen molar-refractivity contribution in [2.45, 2.75) is 6.43 Å². The van der Waals surface area contributed by atoms with Gasteiger partial charge in [0, 0.05) is 5.39 Å². The third-order valence-corrected chi connectivity index (χ3v) is 2.21. The van der Waals surface area contributed by atoms with Crippen LogP contribution in [-0.4, -0.2) is 4.98 Å². The van der Waals surface area contributed by atoms with Crippen molar-refractivity contribution in [1.82, 2.24) is 4.98 Å². The van der Waals surface area contributed by atoms with E-state index in [2.05, 4.69) is 4.98 Å². The predicted molar refractivity (Wildman–Crippen MR) is 51.7 cm³/mol. The van der Waals surface area contributed by atoms with E-state index in [1.165, 1.54) is 6.07 Å². The van der Waals surface area contributed by atoms with Gasteiger partial charge in [-0.3, -0.25) is 0 Å². The summed E-state index contributed by atoms with van der Waals surface area (Å²) in [5.41, 5.74) is 0.178. The minimum atomic E-state index is -2.63. The van der Waals surface area contributed by atoms with Gasteiger partial charge in [-0.05, 0) is 12.1 Å². The number of alkyl halides is 2. The number of hydrogen-bond donors (Lipinski definition) is 0. The van der Waals surface area contributed by atoms with Crippen molar-refractivity contribution in [2.24, 2.45) is 0 Å². The van der Waals surface area contributed by atoms with Gasteiger partial charge in [-0.25, -0.2) is 13.8 Å². The molecule has 0 saturated heterocycles. The average Bonchev–Trinajstić information content (AvgIpc) is 2.16. The van der Waals surface area contributed by atoms with Crippen LogP contribution in [0.4, 0.5) is 8.78 Å². The van der Waals surface area contributed by atoms with Gasteiger partial charge in [0.25, 0.3) is 6.43 Å². The average molecular weight is 214 g/mol. The van der Waals surface area contributed by atoms with E-state index in [-0.39, 0.29) is 10.7 Å². The molecule has 1 aromatic carbocycles. The predicted octanol–water partition coefficient (Wildman–Crippen LogP) is 3.83. The van der Waals surface area contributed by atoms with Gasteiger partial charge in [-0.1, -0.05) is 29.8 Å². The molecule has 0 spiro atoms. The minimum absolute atomic E-state index is 0.0127. The van der Waals surface area contributed by atoms with Gasteiger partial charge in [0.05, 0.1) is 10.5 Å². The number of benzene rings is 1. The molecule has 0 aliphatic rings. The number of halogens is 3. The lowest BCUT2D eigenvalue weighted by atomic mass is 10.2. The maximum absolute atomic E-state index is 12.4. The summed E-state index contributed by atoms with van der Waals surface area (Å²) in [5.74, 6) is 0. The molecule has 0 atom stereocenters. The van der Waals surface area contributed by atoms with Gasteiger partial charge in [0.15, 0.2) is 0 Å². The largest absolute Gasteiger partial charge is 0.281 e. The van der Waals surface area contributed by atoms with Crippen LogP contribution in [0.1, 0.15) is 12.1 Å². The summed E-state index contributed by atoms with van der Waals surface area (Å²) in [4.78, 5) is 3.79. The highest BCUT2D eigenvalue weighted by Crippen LogP contribution is 2.27.